The number of unbranched alkanes of at least 4 members (excludes halogenated alkanes) is 5. The van der Waals surface area contributed by atoms with Gasteiger partial charge in [0.1, 0.15) is 11.5 Å². The summed E-state index contributed by atoms with van der Waals surface area (Å²) < 4.78 is 38.9. The molecule has 2 aliphatic rings. The van der Waals surface area contributed by atoms with Gasteiger partial charge in [0.15, 0.2) is 0 Å². The van der Waals surface area contributed by atoms with Crippen LogP contribution in [0.25, 0.3) is 22.3 Å². The SMILES string of the molecule is [2H]C([2H])(c1ccccc1OCCCCCC(=O)O)N(C(=O)c1ccc(-c2ccc(CCCC)cc2)cc1)C1CC1.[2H]C1(N(Cc2ccccc2OCCCCCC(=O)O)C(=O)c2ccc(-c3ccc(CCC)cc3)cc2)CC1. The van der Waals surface area contributed by atoms with Crippen LogP contribution in [0.3, 0.4) is 0 Å². The molecule has 0 bridgehead atoms. The van der Waals surface area contributed by atoms with Crippen LogP contribution in [-0.2, 0) is 35.5 Å². The number of carbonyl (C=O) groups excluding carboxylic acids is 2. The molecule has 10 heteroatoms. The first-order valence-corrected chi connectivity index (χ1v) is 27.1. The van der Waals surface area contributed by atoms with Crippen LogP contribution in [0.5, 0.6) is 11.5 Å². The molecule has 0 atom stereocenters. The summed E-state index contributed by atoms with van der Waals surface area (Å²) in [7, 11) is 0. The lowest BCUT2D eigenvalue weighted by Gasteiger charge is -2.24. The van der Waals surface area contributed by atoms with E-state index in [-0.39, 0.29) is 30.7 Å². The third-order valence-electron chi connectivity index (χ3n) is 13.4. The van der Waals surface area contributed by atoms with Gasteiger partial charge in [0.25, 0.3) is 11.8 Å². The number of carbonyl (C=O) groups is 4. The summed E-state index contributed by atoms with van der Waals surface area (Å²) in [5.41, 5.74) is 9.15. The molecule has 0 heterocycles. The average Bonchev–Trinajstić information content (AvgIpc) is 4.41. The van der Waals surface area contributed by atoms with Crippen molar-refractivity contribution in [2.45, 2.75) is 148 Å². The molecule has 6 aromatic carbocycles. The van der Waals surface area contributed by atoms with Crippen molar-refractivity contribution in [1.82, 2.24) is 9.80 Å². The summed E-state index contributed by atoms with van der Waals surface area (Å²) in [4.78, 5) is 51.8. The van der Waals surface area contributed by atoms with E-state index in [0.29, 0.717) is 86.5 Å². The number of nitrogens with zero attached hydrogens (tertiary/aromatic N) is 2. The summed E-state index contributed by atoms with van der Waals surface area (Å²) in [6.07, 6.45) is 12.9. The monoisotopic (exact) mass is 1020 g/mol. The maximum atomic E-state index is 13.7. The van der Waals surface area contributed by atoms with Gasteiger partial charge >= 0.3 is 11.9 Å². The highest BCUT2D eigenvalue weighted by molar-refractivity contribution is 5.96. The Balaban J connectivity index is 0.000000226. The molecule has 0 spiro atoms. The number of aliphatic carboxylic acids is 2. The zero-order valence-electron chi connectivity index (χ0n) is 46.8. The lowest BCUT2D eigenvalue weighted by atomic mass is 10.0. The summed E-state index contributed by atoms with van der Waals surface area (Å²) in [5, 5.41) is 17.6. The lowest BCUT2D eigenvalue weighted by Crippen LogP contribution is -2.32. The normalized spacial score (nSPS) is 14.0. The first kappa shape index (κ1) is 51.3. The van der Waals surface area contributed by atoms with Crippen molar-refractivity contribution in [1.29, 1.82) is 0 Å². The summed E-state index contributed by atoms with van der Waals surface area (Å²) >= 11 is 0. The van der Waals surface area contributed by atoms with Crippen molar-refractivity contribution in [2.75, 3.05) is 13.2 Å². The molecule has 2 saturated carbocycles. The zero-order chi connectivity index (χ0) is 55.5. The Hall–Kier alpha value is -7.20. The quantitative estimate of drug-likeness (QED) is 0.0444. The van der Waals surface area contributed by atoms with E-state index in [1.54, 1.807) is 41.3 Å². The number of benzene rings is 6. The second-order valence-electron chi connectivity index (χ2n) is 19.6. The van der Waals surface area contributed by atoms with Crippen LogP contribution in [0, 0.1) is 0 Å². The van der Waals surface area contributed by atoms with Crippen LogP contribution < -0.4 is 9.47 Å². The first-order valence-electron chi connectivity index (χ1n) is 28.6. The number of amides is 2. The Morgan fingerprint density at radius 2 is 0.947 bits per heavy atom. The highest BCUT2D eigenvalue weighted by atomic mass is 16.5. The maximum Gasteiger partial charge on any atom is 0.303 e. The molecule has 2 N–H and O–H groups in total. The molecule has 0 radical (unpaired) electrons. The average molecular weight is 1020 g/mol. The van der Waals surface area contributed by atoms with Gasteiger partial charge in [0.05, 0.1) is 17.3 Å². The number of aryl methyl sites for hydroxylation is 2. The minimum Gasteiger partial charge on any atom is -0.493 e. The topological polar surface area (TPSA) is 134 Å². The number of ether oxygens (including phenoxy) is 2. The third kappa shape index (κ3) is 17.7. The van der Waals surface area contributed by atoms with Crippen molar-refractivity contribution in [2.24, 2.45) is 0 Å². The van der Waals surface area contributed by atoms with Gasteiger partial charge in [-0.1, -0.05) is 136 Å². The molecule has 10 nitrogen and oxygen atoms in total. The highest BCUT2D eigenvalue weighted by Crippen LogP contribution is 2.34. The summed E-state index contributed by atoms with van der Waals surface area (Å²) in [5.74, 6) is -0.962. The Morgan fingerprint density at radius 1 is 0.507 bits per heavy atom. The Kier molecular flexibility index (Phi) is 19.9. The molecule has 0 aliphatic heterocycles. The van der Waals surface area contributed by atoms with Crippen LogP contribution >= 0.6 is 0 Å². The maximum absolute atomic E-state index is 13.7. The molecule has 0 aromatic heterocycles. The van der Waals surface area contributed by atoms with Crippen LogP contribution in [0.2, 0.25) is 0 Å². The number of para-hydroxylation sites is 2. The van der Waals surface area contributed by atoms with Gasteiger partial charge in [-0.3, -0.25) is 19.2 Å². The van der Waals surface area contributed by atoms with Crippen LogP contribution in [-0.4, -0.2) is 69.0 Å². The van der Waals surface area contributed by atoms with E-state index in [1.165, 1.54) is 28.9 Å². The minimum atomic E-state index is -2.06. The van der Waals surface area contributed by atoms with E-state index < -0.39 is 24.5 Å². The van der Waals surface area contributed by atoms with E-state index in [9.17, 15) is 19.2 Å². The van der Waals surface area contributed by atoms with E-state index in [1.807, 2.05) is 60.7 Å². The van der Waals surface area contributed by atoms with Crippen molar-refractivity contribution in [3.8, 4) is 33.8 Å². The molecule has 394 valence electrons. The van der Waals surface area contributed by atoms with Gasteiger partial charge in [0, 0.05) is 60.2 Å². The molecule has 75 heavy (non-hydrogen) atoms. The van der Waals surface area contributed by atoms with E-state index in [0.717, 1.165) is 72.8 Å². The van der Waals surface area contributed by atoms with Gasteiger partial charge < -0.3 is 29.5 Å². The van der Waals surface area contributed by atoms with Gasteiger partial charge in [-0.2, -0.15) is 0 Å². The molecular formula is C65H76N2O8. The van der Waals surface area contributed by atoms with Crippen molar-refractivity contribution in [3.63, 3.8) is 0 Å². The van der Waals surface area contributed by atoms with Crippen molar-refractivity contribution >= 4 is 23.8 Å². The zero-order valence-corrected chi connectivity index (χ0v) is 43.8. The van der Waals surface area contributed by atoms with E-state index in [4.69, 9.17) is 23.8 Å². The smallest absolute Gasteiger partial charge is 0.303 e. The Labute approximate surface area is 448 Å². The Morgan fingerprint density at radius 3 is 1.40 bits per heavy atom. The van der Waals surface area contributed by atoms with Crippen LogP contribution in [0.4, 0.5) is 0 Å². The molecule has 6 aromatic rings. The summed E-state index contributed by atoms with van der Waals surface area (Å²) in [6, 6.07) is 45.7. The van der Waals surface area contributed by atoms with Gasteiger partial charge in [0.2, 0.25) is 0 Å². The highest BCUT2D eigenvalue weighted by Gasteiger charge is 2.35. The lowest BCUT2D eigenvalue weighted by molar-refractivity contribution is -0.138. The third-order valence-corrected chi connectivity index (χ3v) is 13.4. The van der Waals surface area contributed by atoms with Gasteiger partial charge in [-0.15, -0.1) is 0 Å². The van der Waals surface area contributed by atoms with Crippen molar-refractivity contribution in [3.05, 3.63) is 179 Å². The van der Waals surface area contributed by atoms with Crippen molar-refractivity contribution < 1.29 is 43.0 Å². The molecule has 2 aliphatic carbocycles. The summed E-state index contributed by atoms with van der Waals surface area (Å²) in [6.45, 7) is 3.44. The van der Waals surface area contributed by atoms with Gasteiger partial charge in [-0.05, 0) is 153 Å². The van der Waals surface area contributed by atoms with E-state index in [2.05, 4.69) is 62.4 Å². The fourth-order valence-corrected chi connectivity index (χ4v) is 8.83. The number of rotatable bonds is 29. The second kappa shape index (κ2) is 29.0. The van der Waals surface area contributed by atoms with Crippen LogP contribution in [0.15, 0.2) is 146 Å². The first-order chi connectivity index (χ1) is 37.7. The molecular weight excluding hydrogens is 937 g/mol. The molecule has 8 rings (SSSR count). The molecule has 0 saturated heterocycles. The molecule has 2 fully saturated rings. The van der Waals surface area contributed by atoms with Crippen LogP contribution in [0.1, 0.15) is 157 Å². The largest absolute Gasteiger partial charge is 0.493 e. The predicted octanol–water partition coefficient (Wildman–Crippen LogP) is 14.7. The van der Waals surface area contributed by atoms with Gasteiger partial charge in [-0.25, -0.2) is 0 Å². The standard InChI is InChI=1S/C33H39NO4.C32H37NO4/c1-2-3-9-25-13-15-26(16-14-25)27-17-19-28(20-18-27)33(37)34(30-21-22-30)24-29-10-6-7-11-31(29)38-23-8-4-5-12-32(35)36;1-2-8-24-12-14-25(15-13-24)26-16-18-27(19-17-26)32(36)33(29-20-21-29)23-28-9-5-6-10-30(28)37-22-7-3-4-11-31(34)35/h6-7,10-11,13-20,30H,2-5,8-9,12,21-24H2,1H3,(H,35,36);5-6,9-10,12-19,29H,2-4,7-8,11,20-23H2,1H3,(H,34,35)/i24D2;29D. The number of carboxylic acids is 2. The Bertz CT molecular complexity index is 2880. The fourth-order valence-electron chi connectivity index (χ4n) is 8.83. The fraction of sp³-hybridized carbons (Fsp3) is 0.385. The second-order valence-corrected chi connectivity index (χ2v) is 19.6. The molecule has 0 unspecified atom stereocenters. The number of hydrogen-bond donors (Lipinski definition) is 2. The minimum absolute atomic E-state index is 0.129. The number of carboxylic acid groups (broad SMARTS) is 2. The predicted molar refractivity (Wildman–Crippen MR) is 298 cm³/mol. The molecule has 2 amide bonds. The van der Waals surface area contributed by atoms with E-state index >= 15 is 0 Å². The number of hydrogen-bond acceptors (Lipinski definition) is 6.